The summed E-state index contributed by atoms with van der Waals surface area (Å²) in [6, 6.07) is 3.52. The number of nitrogens with zero attached hydrogens (tertiary/aromatic N) is 2. The monoisotopic (exact) mass is 323 g/mol. The number of rotatable bonds is 2. The summed E-state index contributed by atoms with van der Waals surface area (Å²) < 4.78 is 13.0. The van der Waals surface area contributed by atoms with Crippen LogP contribution in [0.3, 0.4) is 0 Å². The van der Waals surface area contributed by atoms with Crippen LogP contribution in [0, 0.1) is 0 Å². The van der Waals surface area contributed by atoms with Crippen molar-refractivity contribution in [3.05, 3.63) is 22.2 Å². The number of nitrogens with two attached hydrogens (primary N) is 1. The van der Waals surface area contributed by atoms with Crippen LogP contribution >= 0.6 is 15.9 Å². The van der Waals surface area contributed by atoms with Gasteiger partial charge in [0.1, 0.15) is 5.82 Å². The van der Waals surface area contributed by atoms with E-state index in [2.05, 4.69) is 21.0 Å². The van der Waals surface area contributed by atoms with Crippen molar-refractivity contribution in [3.8, 4) is 22.8 Å². The molecule has 6 nitrogen and oxygen atoms in total. The number of aromatic nitrogens is 2. The molecule has 0 aliphatic carbocycles. The first-order chi connectivity index (χ1) is 9.11. The van der Waals surface area contributed by atoms with Gasteiger partial charge in [-0.2, -0.15) is 5.10 Å². The second-order valence-electron chi connectivity index (χ2n) is 4.08. The largest absolute Gasteiger partial charge is 0.453 e. The summed E-state index contributed by atoms with van der Waals surface area (Å²) in [5.41, 5.74) is 7.61. The second kappa shape index (κ2) is 4.27. The number of anilines is 1. The highest BCUT2D eigenvalue weighted by molar-refractivity contribution is 9.10. The normalized spacial score (nSPS) is 12.7. The number of halogens is 1. The van der Waals surface area contributed by atoms with Gasteiger partial charge in [0.05, 0.1) is 11.3 Å². The molecule has 2 heterocycles. The summed E-state index contributed by atoms with van der Waals surface area (Å²) in [7, 11) is 1.76. The van der Waals surface area contributed by atoms with Crippen molar-refractivity contribution < 1.29 is 14.3 Å². The van der Waals surface area contributed by atoms with Gasteiger partial charge in [0, 0.05) is 23.2 Å². The quantitative estimate of drug-likeness (QED) is 0.855. The summed E-state index contributed by atoms with van der Waals surface area (Å²) in [5.74, 6) is 1.49. The standard InChI is InChI=1S/C12H10BrN3O3/c1-16-10(14)3-9(15-16)6-2-8(13)7(4-17)12-11(6)18-5-19-12/h2-4H,5,14H2,1H3. The SMILES string of the molecule is Cn1nc(-c2cc(Br)c(C=O)c3c2OCO3)cc1N. The van der Waals surface area contributed by atoms with Gasteiger partial charge in [-0.05, 0) is 22.0 Å². The molecule has 98 valence electrons. The van der Waals surface area contributed by atoms with Crippen molar-refractivity contribution in [1.29, 1.82) is 0 Å². The van der Waals surface area contributed by atoms with Crippen molar-refractivity contribution in [1.82, 2.24) is 9.78 Å². The van der Waals surface area contributed by atoms with Gasteiger partial charge in [0.15, 0.2) is 17.8 Å². The number of hydrogen-bond acceptors (Lipinski definition) is 5. The van der Waals surface area contributed by atoms with Gasteiger partial charge in [0.2, 0.25) is 6.79 Å². The molecule has 19 heavy (non-hydrogen) atoms. The van der Waals surface area contributed by atoms with Gasteiger partial charge in [-0.15, -0.1) is 0 Å². The highest BCUT2D eigenvalue weighted by Crippen LogP contribution is 2.46. The van der Waals surface area contributed by atoms with Crippen molar-refractivity contribution >= 4 is 28.0 Å². The summed E-state index contributed by atoms with van der Waals surface area (Å²) in [4.78, 5) is 11.1. The van der Waals surface area contributed by atoms with Gasteiger partial charge in [-0.25, -0.2) is 0 Å². The molecule has 2 N–H and O–H groups in total. The lowest BCUT2D eigenvalue weighted by Crippen LogP contribution is -1.96. The number of hydrogen-bond donors (Lipinski definition) is 1. The van der Waals surface area contributed by atoms with E-state index in [1.54, 1.807) is 23.9 Å². The fourth-order valence-electron chi connectivity index (χ4n) is 1.97. The molecule has 0 atom stereocenters. The molecule has 0 bridgehead atoms. The van der Waals surface area contributed by atoms with Crippen LogP contribution in [0.4, 0.5) is 5.82 Å². The Bertz CT molecular complexity index is 662. The van der Waals surface area contributed by atoms with E-state index >= 15 is 0 Å². The van der Waals surface area contributed by atoms with Gasteiger partial charge in [-0.3, -0.25) is 9.48 Å². The van der Waals surface area contributed by atoms with E-state index < -0.39 is 0 Å². The van der Waals surface area contributed by atoms with E-state index in [1.807, 2.05) is 0 Å². The van der Waals surface area contributed by atoms with E-state index in [9.17, 15) is 4.79 Å². The van der Waals surface area contributed by atoms with Crippen LogP contribution in [0.1, 0.15) is 10.4 Å². The van der Waals surface area contributed by atoms with Gasteiger partial charge in [-0.1, -0.05) is 0 Å². The molecule has 1 aliphatic heterocycles. The minimum Gasteiger partial charge on any atom is -0.453 e. The zero-order valence-electron chi connectivity index (χ0n) is 10.0. The zero-order valence-corrected chi connectivity index (χ0v) is 11.6. The van der Waals surface area contributed by atoms with E-state index in [-0.39, 0.29) is 6.79 Å². The first-order valence-corrected chi connectivity index (χ1v) is 6.28. The number of nitrogen functional groups attached to an aromatic ring is 1. The third kappa shape index (κ3) is 1.77. The Hall–Kier alpha value is -2.02. The van der Waals surface area contributed by atoms with Crippen molar-refractivity contribution in [2.75, 3.05) is 12.5 Å². The number of benzene rings is 1. The third-order valence-corrected chi connectivity index (χ3v) is 3.60. The third-order valence-electron chi connectivity index (χ3n) is 2.94. The lowest BCUT2D eigenvalue weighted by molar-refractivity contribution is 0.111. The highest BCUT2D eigenvalue weighted by atomic mass is 79.9. The fourth-order valence-corrected chi connectivity index (χ4v) is 2.47. The topological polar surface area (TPSA) is 79.4 Å². The summed E-state index contributed by atoms with van der Waals surface area (Å²) in [6.45, 7) is 0.0853. The Balaban J connectivity index is 2.25. The first-order valence-electron chi connectivity index (χ1n) is 5.49. The molecule has 2 aromatic rings. The summed E-state index contributed by atoms with van der Waals surface area (Å²) >= 11 is 3.35. The molecule has 3 rings (SSSR count). The highest BCUT2D eigenvalue weighted by Gasteiger charge is 2.26. The fraction of sp³-hybridized carbons (Fsp3) is 0.167. The minimum atomic E-state index is 0.0853. The Kier molecular flexibility index (Phi) is 2.70. The van der Waals surface area contributed by atoms with Crippen molar-refractivity contribution in [2.45, 2.75) is 0 Å². The predicted octanol–water partition coefficient (Wildman–Crippen LogP) is 1.97. The van der Waals surface area contributed by atoms with Gasteiger partial charge < -0.3 is 15.2 Å². The number of ether oxygens (including phenoxy) is 2. The van der Waals surface area contributed by atoms with E-state index in [0.717, 1.165) is 11.8 Å². The number of aldehydes is 1. The molecular formula is C12H10BrN3O3. The second-order valence-corrected chi connectivity index (χ2v) is 4.93. The Morgan fingerprint density at radius 3 is 2.79 bits per heavy atom. The zero-order chi connectivity index (χ0) is 13.6. The van der Waals surface area contributed by atoms with Crippen LogP contribution in [-0.4, -0.2) is 22.9 Å². The molecule has 0 radical (unpaired) electrons. The maximum Gasteiger partial charge on any atom is 0.231 e. The number of fused-ring (bicyclic) bond motifs is 1. The van der Waals surface area contributed by atoms with Crippen molar-refractivity contribution in [2.24, 2.45) is 7.05 Å². The predicted molar refractivity (Wildman–Crippen MR) is 72.3 cm³/mol. The van der Waals surface area contributed by atoms with E-state index in [4.69, 9.17) is 15.2 Å². The molecule has 1 aromatic carbocycles. The Morgan fingerprint density at radius 2 is 2.16 bits per heavy atom. The molecule has 0 amide bonds. The molecule has 0 unspecified atom stereocenters. The molecule has 0 saturated carbocycles. The smallest absolute Gasteiger partial charge is 0.231 e. The van der Waals surface area contributed by atoms with Crippen LogP contribution in [0.15, 0.2) is 16.6 Å². The molecule has 1 aromatic heterocycles. The maximum atomic E-state index is 11.1. The molecule has 0 fully saturated rings. The van der Waals surface area contributed by atoms with Crippen LogP contribution in [0.25, 0.3) is 11.3 Å². The van der Waals surface area contributed by atoms with Gasteiger partial charge >= 0.3 is 0 Å². The Morgan fingerprint density at radius 1 is 1.42 bits per heavy atom. The first kappa shape index (κ1) is 12.0. The van der Waals surface area contributed by atoms with Crippen LogP contribution in [0.2, 0.25) is 0 Å². The minimum absolute atomic E-state index is 0.0853. The maximum absolute atomic E-state index is 11.1. The van der Waals surface area contributed by atoms with E-state index in [1.165, 1.54) is 0 Å². The molecule has 7 heteroatoms. The Labute approximate surface area is 117 Å². The van der Waals surface area contributed by atoms with Crippen LogP contribution < -0.4 is 15.2 Å². The van der Waals surface area contributed by atoms with E-state index in [0.29, 0.717) is 33.0 Å². The summed E-state index contributed by atoms with van der Waals surface area (Å²) in [6.07, 6.45) is 0.730. The molecule has 0 spiro atoms. The number of carbonyl (C=O) groups is 1. The lowest BCUT2D eigenvalue weighted by Gasteiger charge is -2.07. The van der Waals surface area contributed by atoms with Crippen LogP contribution in [0.5, 0.6) is 11.5 Å². The number of carbonyl (C=O) groups excluding carboxylic acids is 1. The summed E-state index contributed by atoms with van der Waals surface area (Å²) in [5, 5.41) is 4.30. The number of aryl methyl sites for hydroxylation is 1. The van der Waals surface area contributed by atoms with Crippen molar-refractivity contribution in [3.63, 3.8) is 0 Å². The van der Waals surface area contributed by atoms with Crippen LogP contribution in [-0.2, 0) is 7.05 Å². The average Bonchev–Trinajstić information content (AvgIpc) is 2.96. The van der Waals surface area contributed by atoms with Gasteiger partial charge in [0.25, 0.3) is 0 Å². The lowest BCUT2D eigenvalue weighted by atomic mass is 10.1. The average molecular weight is 324 g/mol. The molecule has 1 aliphatic rings. The molecule has 0 saturated heterocycles. The molecular weight excluding hydrogens is 314 g/mol.